The van der Waals surface area contributed by atoms with Gasteiger partial charge in [0.2, 0.25) is 0 Å². The van der Waals surface area contributed by atoms with Crippen molar-refractivity contribution in [3.63, 3.8) is 0 Å². The Morgan fingerprint density at radius 2 is 2.50 bits per heavy atom. The van der Waals surface area contributed by atoms with E-state index in [0.717, 1.165) is 25.0 Å². The lowest BCUT2D eigenvalue weighted by molar-refractivity contribution is 0.405. The fraction of sp³-hybridized carbons (Fsp3) is 0.545. The van der Waals surface area contributed by atoms with Gasteiger partial charge in [0.1, 0.15) is 0 Å². The Morgan fingerprint density at radius 1 is 1.56 bits per heavy atom. The van der Waals surface area contributed by atoms with Crippen molar-refractivity contribution in [2.45, 2.75) is 18.2 Å². The lowest BCUT2D eigenvalue weighted by atomic mass is 10.1. The second-order valence-corrected chi connectivity index (χ2v) is 6.97. The first kappa shape index (κ1) is 11.1. The SMILES string of the molecule is BrCC1CN=C(N2CCc3sccc3C2)S1. The van der Waals surface area contributed by atoms with Crippen LogP contribution < -0.4 is 0 Å². The van der Waals surface area contributed by atoms with Crippen LogP contribution in [-0.4, -0.2) is 33.7 Å². The van der Waals surface area contributed by atoms with Crippen LogP contribution in [0, 0.1) is 0 Å². The average molecular weight is 317 g/mol. The van der Waals surface area contributed by atoms with Crippen LogP contribution in [0.4, 0.5) is 0 Å². The van der Waals surface area contributed by atoms with E-state index < -0.39 is 0 Å². The van der Waals surface area contributed by atoms with E-state index in [-0.39, 0.29) is 0 Å². The van der Waals surface area contributed by atoms with Crippen molar-refractivity contribution in [3.8, 4) is 0 Å². The van der Waals surface area contributed by atoms with Gasteiger partial charge in [0, 0.05) is 28.5 Å². The van der Waals surface area contributed by atoms with Crippen molar-refractivity contribution in [2.24, 2.45) is 4.99 Å². The Kier molecular flexibility index (Phi) is 3.27. The summed E-state index contributed by atoms with van der Waals surface area (Å²) >= 11 is 7.36. The number of hydrogen-bond acceptors (Lipinski definition) is 4. The van der Waals surface area contributed by atoms with Gasteiger partial charge in [0.25, 0.3) is 0 Å². The number of halogens is 1. The zero-order chi connectivity index (χ0) is 11.0. The van der Waals surface area contributed by atoms with Gasteiger partial charge in [-0.05, 0) is 23.4 Å². The number of amidine groups is 1. The number of aliphatic imine (C=N–C) groups is 1. The molecule has 1 aromatic rings. The van der Waals surface area contributed by atoms with Crippen molar-refractivity contribution in [3.05, 3.63) is 21.9 Å². The minimum Gasteiger partial charge on any atom is -0.347 e. The van der Waals surface area contributed by atoms with Gasteiger partial charge in [-0.25, -0.2) is 0 Å². The number of rotatable bonds is 1. The molecule has 0 saturated heterocycles. The third-order valence-electron chi connectivity index (χ3n) is 2.95. The molecule has 3 rings (SSSR count). The summed E-state index contributed by atoms with van der Waals surface area (Å²) in [5.41, 5.74) is 1.50. The fourth-order valence-electron chi connectivity index (χ4n) is 2.07. The predicted molar refractivity (Wildman–Crippen MR) is 75.9 cm³/mol. The van der Waals surface area contributed by atoms with Crippen LogP contribution >= 0.6 is 39.0 Å². The second kappa shape index (κ2) is 4.70. The number of hydrogen-bond donors (Lipinski definition) is 0. The van der Waals surface area contributed by atoms with Crippen LogP contribution in [0.5, 0.6) is 0 Å². The van der Waals surface area contributed by atoms with E-state index in [4.69, 9.17) is 0 Å². The Morgan fingerprint density at radius 3 is 3.31 bits per heavy atom. The Labute approximate surface area is 112 Å². The van der Waals surface area contributed by atoms with Crippen LogP contribution in [0.25, 0.3) is 0 Å². The maximum Gasteiger partial charge on any atom is 0.159 e. The van der Waals surface area contributed by atoms with Crippen molar-refractivity contribution >= 4 is 44.2 Å². The first-order valence-corrected chi connectivity index (χ1v) is 8.32. The first-order valence-electron chi connectivity index (χ1n) is 5.44. The molecule has 0 saturated carbocycles. The van der Waals surface area contributed by atoms with Gasteiger partial charge in [-0.1, -0.05) is 27.7 Å². The third kappa shape index (κ3) is 2.05. The molecule has 0 spiro atoms. The summed E-state index contributed by atoms with van der Waals surface area (Å²) in [7, 11) is 0. The normalized spacial score (nSPS) is 24.4. The zero-order valence-corrected chi connectivity index (χ0v) is 12.1. The summed E-state index contributed by atoms with van der Waals surface area (Å²) in [6, 6.07) is 2.26. The van der Waals surface area contributed by atoms with Crippen molar-refractivity contribution in [1.82, 2.24) is 4.90 Å². The molecule has 3 heterocycles. The zero-order valence-electron chi connectivity index (χ0n) is 8.86. The molecule has 16 heavy (non-hydrogen) atoms. The molecule has 0 radical (unpaired) electrons. The molecule has 2 aliphatic heterocycles. The average Bonchev–Trinajstić information content (AvgIpc) is 2.96. The maximum absolute atomic E-state index is 4.65. The van der Waals surface area contributed by atoms with E-state index >= 15 is 0 Å². The van der Waals surface area contributed by atoms with E-state index in [1.165, 1.54) is 17.2 Å². The highest BCUT2D eigenvalue weighted by Gasteiger charge is 2.26. The minimum absolute atomic E-state index is 0.638. The van der Waals surface area contributed by atoms with Gasteiger partial charge in [0.15, 0.2) is 5.17 Å². The standard InChI is InChI=1S/C11H13BrN2S2/c12-5-9-6-13-11(16-9)14-3-1-10-8(7-14)2-4-15-10/h2,4,9H,1,3,5-7H2. The van der Waals surface area contributed by atoms with Crippen molar-refractivity contribution in [2.75, 3.05) is 18.4 Å². The predicted octanol–water partition coefficient (Wildman–Crippen LogP) is 2.97. The molecule has 0 bridgehead atoms. The number of nitrogens with zero attached hydrogens (tertiary/aromatic N) is 2. The minimum atomic E-state index is 0.638. The number of thiophene rings is 1. The highest BCUT2D eigenvalue weighted by atomic mass is 79.9. The Balaban J connectivity index is 1.70. The van der Waals surface area contributed by atoms with Crippen molar-refractivity contribution in [1.29, 1.82) is 0 Å². The van der Waals surface area contributed by atoms with E-state index in [2.05, 4.69) is 37.3 Å². The third-order valence-corrected chi connectivity index (χ3v) is 6.43. The van der Waals surface area contributed by atoms with Gasteiger partial charge < -0.3 is 4.90 Å². The summed E-state index contributed by atoms with van der Waals surface area (Å²) in [5.74, 6) is 0. The summed E-state index contributed by atoms with van der Waals surface area (Å²) < 4.78 is 0. The first-order chi connectivity index (χ1) is 7.86. The second-order valence-electron chi connectivity index (χ2n) is 4.06. The molecule has 2 aliphatic rings. The number of thioether (sulfide) groups is 1. The number of alkyl halides is 1. The Hall–Kier alpha value is -0.000000000000000111. The molecule has 0 N–H and O–H groups in total. The van der Waals surface area contributed by atoms with E-state index in [9.17, 15) is 0 Å². The van der Waals surface area contributed by atoms with Gasteiger partial charge >= 0.3 is 0 Å². The molecular weight excluding hydrogens is 304 g/mol. The lowest BCUT2D eigenvalue weighted by Crippen LogP contribution is -2.33. The van der Waals surface area contributed by atoms with Crippen molar-refractivity contribution < 1.29 is 0 Å². The molecule has 0 amide bonds. The van der Waals surface area contributed by atoms with Gasteiger partial charge in [-0.3, -0.25) is 4.99 Å². The molecule has 5 heteroatoms. The van der Waals surface area contributed by atoms with E-state index in [0.29, 0.717) is 5.25 Å². The molecule has 1 atom stereocenters. The molecule has 0 aromatic carbocycles. The molecular formula is C11H13BrN2S2. The smallest absolute Gasteiger partial charge is 0.159 e. The molecule has 2 nitrogen and oxygen atoms in total. The molecule has 0 aliphatic carbocycles. The quantitative estimate of drug-likeness (QED) is 0.740. The number of fused-ring (bicyclic) bond motifs is 1. The lowest BCUT2D eigenvalue weighted by Gasteiger charge is -2.28. The summed E-state index contributed by atoms with van der Waals surface area (Å²) in [5, 5.41) is 5.14. The van der Waals surface area contributed by atoms with Crippen LogP contribution in [0.3, 0.4) is 0 Å². The Bertz CT molecular complexity index is 416. The van der Waals surface area contributed by atoms with E-state index in [1.54, 1.807) is 4.88 Å². The topological polar surface area (TPSA) is 15.6 Å². The monoisotopic (exact) mass is 316 g/mol. The fourth-order valence-corrected chi connectivity index (χ4v) is 4.53. The van der Waals surface area contributed by atoms with Crippen LogP contribution in [0.1, 0.15) is 10.4 Å². The largest absolute Gasteiger partial charge is 0.347 e. The molecule has 0 fully saturated rings. The molecule has 1 aromatic heterocycles. The van der Waals surface area contributed by atoms with Gasteiger partial charge in [0.05, 0.1) is 6.54 Å². The highest BCUT2D eigenvalue weighted by Crippen LogP contribution is 2.30. The molecule has 86 valence electrons. The van der Waals surface area contributed by atoms with E-state index in [1.807, 2.05) is 23.1 Å². The van der Waals surface area contributed by atoms with Crippen LogP contribution in [0.2, 0.25) is 0 Å². The summed E-state index contributed by atoms with van der Waals surface area (Å²) in [6.45, 7) is 3.16. The van der Waals surface area contributed by atoms with Crippen LogP contribution in [-0.2, 0) is 13.0 Å². The van der Waals surface area contributed by atoms with Gasteiger partial charge in [-0.15, -0.1) is 11.3 Å². The summed E-state index contributed by atoms with van der Waals surface area (Å²) in [6.07, 6.45) is 1.19. The maximum atomic E-state index is 4.65. The summed E-state index contributed by atoms with van der Waals surface area (Å²) in [4.78, 5) is 8.65. The van der Waals surface area contributed by atoms with Gasteiger partial charge in [-0.2, -0.15) is 0 Å². The molecule has 1 unspecified atom stereocenters. The highest BCUT2D eigenvalue weighted by molar-refractivity contribution is 9.09. The van der Waals surface area contributed by atoms with Crippen LogP contribution in [0.15, 0.2) is 16.4 Å².